The predicted molar refractivity (Wildman–Crippen MR) is 103 cm³/mol. The average molecular weight is 353 g/mol. The van der Waals surface area contributed by atoms with Crippen molar-refractivity contribution in [1.29, 1.82) is 0 Å². The maximum atomic E-state index is 9.76. The molecular weight excluding hydrogens is 326 g/mol. The van der Waals surface area contributed by atoms with Crippen LogP contribution in [0.4, 0.5) is 5.82 Å². The fourth-order valence-electron chi connectivity index (χ4n) is 4.00. The van der Waals surface area contributed by atoms with E-state index >= 15 is 0 Å². The molecule has 2 aromatic rings. The number of benzene rings is 1. The maximum absolute atomic E-state index is 9.76. The zero-order chi connectivity index (χ0) is 17.9. The standard InChI is InChI=1S/C21H27N3O2/c1-26-17-12-6-14(7-13-17)20-23-19-5-3-2-4-18(19)21(24-20)22-15-8-10-16(25)11-9-15/h6-7,12-13,15-16,25H,2-5,8-11H2,1H3,(H,22,23,24). The highest BCUT2D eigenvalue weighted by Gasteiger charge is 2.23. The highest BCUT2D eigenvalue weighted by atomic mass is 16.5. The molecule has 1 fully saturated rings. The van der Waals surface area contributed by atoms with Gasteiger partial charge in [0, 0.05) is 22.9 Å². The molecule has 5 heteroatoms. The lowest BCUT2D eigenvalue weighted by atomic mass is 9.92. The van der Waals surface area contributed by atoms with Gasteiger partial charge in [0.15, 0.2) is 5.82 Å². The van der Waals surface area contributed by atoms with Gasteiger partial charge in [0.2, 0.25) is 0 Å². The molecule has 0 bridgehead atoms. The Bertz CT molecular complexity index is 753. The fourth-order valence-corrected chi connectivity index (χ4v) is 4.00. The summed E-state index contributed by atoms with van der Waals surface area (Å²) < 4.78 is 5.25. The largest absolute Gasteiger partial charge is 0.497 e. The first kappa shape index (κ1) is 17.3. The van der Waals surface area contributed by atoms with Crippen molar-refractivity contribution in [1.82, 2.24) is 9.97 Å². The summed E-state index contributed by atoms with van der Waals surface area (Å²) in [5, 5.41) is 13.4. The van der Waals surface area contributed by atoms with Gasteiger partial charge >= 0.3 is 0 Å². The molecular formula is C21H27N3O2. The molecule has 2 N–H and O–H groups in total. The highest BCUT2D eigenvalue weighted by Crippen LogP contribution is 2.31. The third kappa shape index (κ3) is 3.68. The van der Waals surface area contributed by atoms with E-state index in [0.717, 1.165) is 61.5 Å². The van der Waals surface area contributed by atoms with Crippen molar-refractivity contribution in [2.75, 3.05) is 12.4 Å². The van der Waals surface area contributed by atoms with Crippen LogP contribution in [-0.2, 0) is 12.8 Å². The Morgan fingerprint density at radius 3 is 2.46 bits per heavy atom. The number of methoxy groups -OCH3 is 1. The van der Waals surface area contributed by atoms with E-state index in [9.17, 15) is 5.11 Å². The Balaban J connectivity index is 1.65. The Morgan fingerprint density at radius 2 is 1.73 bits per heavy atom. The summed E-state index contributed by atoms with van der Waals surface area (Å²) in [6.45, 7) is 0. The summed E-state index contributed by atoms with van der Waals surface area (Å²) in [6.07, 6.45) is 8.08. The van der Waals surface area contributed by atoms with E-state index in [1.54, 1.807) is 7.11 Å². The predicted octanol–water partition coefficient (Wildman–Crippen LogP) is 3.75. The first-order valence-corrected chi connectivity index (χ1v) is 9.72. The minimum Gasteiger partial charge on any atom is -0.497 e. The van der Waals surface area contributed by atoms with Crippen LogP contribution in [0.3, 0.4) is 0 Å². The summed E-state index contributed by atoms with van der Waals surface area (Å²) in [5.41, 5.74) is 3.50. The fraction of sp³-hybridized carbons (Fsp3) is 0.524. The van der Waals surface area contributed by atoms with Gasteiger partial charge in [0.05, 0.1) is 13.2 Å². The van der Waals surface area contributed by atoms with Crippen LogP contribution < -0.4 is 10.1 Å². The van der Waals surface area contributed by atoms with Crippen molar-refractivity contribution in [2.45, 2.75) is 63.5 Å². The van der Waals surface area contributed by atoms with Crippen LogP contribution >= 0.6 is 0 Å². The molecule has 0 saturated heterocycles. The number of hydrogen-bond donors (Lipinski definition) is 2. The Kier molecular flexibility index (Phi) is 5.07. The quantitative estimate of drug-likeness (QED) is 0.876. The second-order valence-corrected chi connectivity index (χ2v) is 7.41. The molecule has 1 heterocycles. The molecule has 0 radical (unpaired) electrons. The first-order valence-electron chi connectivity index (χ1n) is 9.72. The summed E-state index contributed by atoms with van der Waals surface area (Å²) in [7, 11) is 1.67. The van der Waals surface area contributed by atoms with Gasteiger partial charge in [-0.1, -0.05) is 0 Å². The minimum absolute atomic E-state index is 0.137. The number of nitrogens with zero attached hydrogens (tertiary/aromatic N) is 2. The van der Waals surface area contributed by atoms with E-state index in [4.69, 9.17) is 14.7 Å². The van der Waals surface area contributed by atoms with Crippen molar-refractivity contribution >= 4 is 5.82 Å². The summed E-state index contributed by atoms with van der Waals surface area (Å²) >= 11 is 0. The lowest BCUT2D eigenvalue weighted by Gasteiger charge is -2.28. The van der Waals surface area contributed by atoms with Gasteiger partial charge in [0.1, 0.15) is 11.6 Å². The molecule has 2 aliphatic rings. The molecule has 0 unspecified atom stereocenters. The van der Waals surface area contributed by atoms with Crippen molar-refractivity contribution in [2.24, 2.45) is 0 Å². The molecule has 0 amide bonds. The highest BCUT2D eigenvalue weighted by molar-refractivity contribution is 5.61. The number of hydrogen-bond acceptors (Lipinski definition) is 5. The number of nitrogens with one attached hydrogen (secondary N) is 1. The zero-order valence-corrected chi connectivity index (χ0v) is 15.4. The molecule has 1 aromatic carbocycles. The molecule has 0 atom stereocenters. The molecule has 1 aromatic heterocycles. The van der Waals surface area contributed by atoms with Crippen LogP contribution in [0.1, 0.15) is 49.8 Å². The second kappa shape index (κ2) is 7.62. The monoisotopic (exact) mass is 353 g/mol. The van der Waals surface area contributed by atoms with Gasteiger partial charge in [-0.3, -0.25) is 0 Å². The summed E-state index contributed by atoms with van der Waals surface area (Å²) in [6, 6.07) is 8.33. The lowest BCUT2D eigenvalue weighted by molar-refractivity contribution is 0.126. The molecule has 5 nitrogen and oxygen atoms in total. The molecule has 0 aliphatic heterocycles. The number of fused-ring (bicyclic) bond motifs is 1. The van der Waals surface area contributed by atoms with Gasteiger partial charge < -0.3 is 15.2 Å². The smallest absolute Gasteiger partial charge is 0.161 e. The Hall–Kier alpha value is -2.14. The van der Waals surface area contributed by atoms with Crippen molar-refractivity contribution in [3.8, 4) is 17.1 Å². The van der Waals surface area contributed by atoms with Crippen molar-refractivity contribution in [3.05, 3.63) is 35.5 Å². The van der Waals surface area contributed by atoms with E-state index in [-0.39, 0.29) is 6.10 Å². The summed E-state index contributed by atoms with van der Waals surface area (Å²) in [4.78, 5) is 9.77. The van der Waals surface area contributed by atoms with E-state index < -0.39 is 0 Å². The van der Waals surface area contributed by atoms with Crippen molar-refractivity contribution < 1.29 is 9.84 Å². The van der Waals surface area contributed by atoms with Crippen LogP contribution in [0.25, 0.3) is 11.4 Å². The number of anilines is 1. The second-order valence-electron chi connectivity index (χ2n) is 7.41. The van der Waals surface area contributed by atoms with E-state index in [1.807, 2.05) is 24.3 Å². The molecule has 2 aliphatic carbocycles. The summed E-state index contributed by atoms with van der Waals surface area (Å²) in [5.74, 6) is 2.62. The van der Waals surface area contributed by atoms with Crippen LogP contribution in [0.5, 0.6) is 5.75 Å². The minimum atomic E-state index is -0.137. The third-order valence-electron chi connectivity index (χ3n) is 5.57. The topological polar surface area (TPSA) is 67.3 Å². The van der Waals surface area contributed by atoms with E-state index in [1.165, 1.54) is 24.1 Å². The van der Waals surface area contributed by atoms with Crippen LogP contribution in [-0.4, -0.2) is 34.3 Å². The van der Waals surface area contributed by atoms with Crippen LogP contribution in [0.2, 0.25) is 0 Å². The number of ether oxygens (including phenoxy) is 1. The number of aromatic nitrogens is 2. The molecule has 0 spiro atoms. The van der Waals surface area contributed by atoms with E-state index in [0.29, 0.717) is 6.04 Å². The van der Waals surface area contributed by atoms with Crippen LogP contribution in [0, 0.1) is 0 Å². The average Bonchev–Trinajstić information content (AvgIpc) is 2.69. The SMILES string of the molecule is COc1ccc(-c2nc3c(c(NC4CCC(O)CC4)n2)CCCC3)cc1. The number of aliphatic hydroxyl groups excluding tert-OH is 1. The Morgan fingerprint density at radius 1 is 1.00 bits per heavy atom. The number of rotatable bonds is 4. The molecule has 138 valence electrons. The van der Waals surface area contributed by atoms with E-state index in [2.05, 4.69) is 5.32 Å². The van der Waals surface area contributed by atoms with Gasteiger partial charge in [0.25, 0.3) is 0 Å². The lowest BCUT2D eigenvalue weighted by Crippen LogP contribution is -2.29. The third-order valence-corrected chi connectivity index (χ3v) is 5.57. The van der Waals surface area contributed by atoms with Gasteiger partial charge in [-0.2, -0.15) is 0 Å². The van der Waals surface area contributed by atoms with Gasteiger partial charge in [-0.05, 0) is 75.6 Å². The number of aliphatic hydroxyl groups is 1. The van der Waals surface area contributed by atoms with Crippen LogP contribution in [0.15, 0.2) is 24.3 Å². The molecule has 1 saturated carbocycles. The molecule has 26 heavy (non-hydrogen) atoms. The number of aryl methyl sites for hydroxylation is 1. The van der Waals surface area contributed by atoms with Gasteiger partial charge in [-0.15, -0.1) is 0 Å². The maximum Gasteiger partial charge on any atom is 0.161 e. The normalized spacial score (nSPS) is 22.5. The van der Waals surface area contributed by atoms with Crippen molar-refractivity contribution in [3.63, 3.8) is 0 Å². The molecule has 4 rings (SSSR count). The first-order chi connectivity index (χ1) is 12.7. The van der Waals surface area contributed by atoms with Gasteiger partial charge in [-0.25, -0.2) is 9.97 Å². The Labute approximate surface area is 154 Å². The zero-order valence-electron chi connectivity index (χ0n) is 15.4.